The van der Waals surface area contributed by atoms with Crippen LogP contribution >= 0.6 is 12.6 Å². The summed E-state index contributed by atoms with van der Waals surface area (Å²) in [4.78, 5) is 11.5. The normalized spacial score (nSPS) is 16.1. The Labute approximate surface area is 97.2 Å². The van der Waals surface area contributed by atoms with Crippen molar-refractivity contribution in [2.45, 2.75) is 32.1 Å². The van der Waals surface area contributed by atoms with Crippen molar-refractivity contribution in [3.63, 3.8) is 0 Å². The van der Waals surface area contributed by atoms with Gasteiger partial charge in [-0.3, -0.25) is 4.79 Å². The number of nitrogens with one attached hydrogen (secondary N) is 1. The lowest BCUT2D eigenvalue weighted by atomic mass is 10.1. The van der Waals surface area contributed by atoms with E-state index in [-0.39, 0.29) is 23.6 Å². The quantitative estimate of drug-likeness (QED) is 0.701. The maximum Gasteiger partial charge on any atom is 0.233 e. The van der Waals surface area contributed by atoms with Crippen molar-refractivity contribution in [2.75, 3.05) is 12.0 Å². The number of hydrogen-bond donors (Lipinski definition) is 2. The molecule has 0 saturated carbocycles. The van der Waals surface area contributed by atoms with E-state index < -0.39 is 15.1 Å². The van der Waals surface area contributed by atoms with E-state index in [0.29, 0.717) is 0 Å². The van der Waals surface area contributed by atoms with Gasteiger partial charge < -0.3 is 5.32 Å². The van der Waals surface area contributed by atoms with Gasteiger partial charge >= 0.3 is 0 Å². The summed E-state index contributed by atoms with van der Waals surface area (Å²) in [6, 6.07) is -0.374. The molecule has 0 bridgehead atoms. The first-order valence-corrected chi connectivity index (χ1v) is 7.37. The second-order valence-electron chi connectivity index (χ2n) is 4.19. The molecule has 0 aromatic rings. The molecule has 0 heterocycles. The molecule has 2 unspecified atom stereocenters. The molecule has 0 aromatic carbocycles. The molecule has 6 heteroatoms. The molecule has 1 amide bonds. The fourth-order valence-electron chi connectivity index (χ4n) is 1.13. The molecule has 4 nitrogen and oxygen atoms in total. The minimum Gasteiger partial charge on any atom is -0.352 e. The molecule has 0 radical (unpaired) electrons. The molecule has 1 N–H and O–H groups in total. The summed E-state index contributed by atoms with van der Waals surface area (Å²) in [6.07, 6.45) is 1.15. The second kappa shape index (κ2) is 5.75. The van der Waals surface area contributed by atoms with Gasteiger partial charge in [-0.05, 0) is 12.8 Å². The van der Waals surface area contributed by atoms with Crippen LogP contribution in [0.5, 0.6) is 0 Å². The van der Waals surface area contributed by atoms with Gasteiger partial charge in [0.1, 0.15) is 9.84 Å². The van der Waals surface area contributed by atoms with Gasteiger partial charge in [0, 0.05) is 12.3 Å². The Hall–Kier alpha value is -0.230. The van der Waals surface area contributed by atoms with Crippen molar-refractivity contribution in [3.05, 3.63) is 0 Å². The molecule has 0 aromatic heterocycles. The van der Waals surface area contributed by atoms with Crippen molar-refractivity contribution in [3.8, 4) is 0 Å². The summed E-state index contributed by atoms with van der Waals surface area (Å²) < 4.78 is 21.9. The first-order chi connectivity index (χ1) is 6.63. The Balaban J connectivity index is 4.19. The highest BCUT2D eigenvalue weighted by atomic mass is 32.2. The zero-order valence-corrected chi connectivity index (χ0v) is 11.2. The largest absolute Gasteiger partial charge is 0.352 e. The standard InChI is InChI=1S/C9H19NO3S2/c1-6(2)8(14)9(11)10-7(3)5-15(4,12)13/h6-8,14H,5H2,1-4H3,(H,10,11). The highest BCUT2D eigenvalue weighted by Crippen LogP contribution is 2.08. The van der Waals surface area contributed by atoms with Crippen LogP contribution < -0.4 is 5.32 Å². The smallest absolute Gasteiger partial charge is 0.233 e. The van der Waals surface area contributed by atoms with Crippen molar-refractivity contribution < 1.29 is 13.2 Å². The molecule has 0 rings (SSSR count). The number of amides is 1. The lowest BCUT2D eigenvalue weighted by molar-refractivity contribution is -0.121. The Morgan fingerprint density at radius 1 is 1.33 bits per heavy atom. The van der Waals surface area contributed by atoms with Crippen LogP contribution in [0, 0.1) is 5.92 Å². The lowest BCUT2D eigenvalue weighted by Gasteiger charge is -2.18. The summed E-state index contributed by atoms with van der Waals surface area (Å²) in [7, 11) is -3.05. The van der Waals surface area contributed by atoms with Crippen LogP contribution in [0.25, 0.3) is 0 Å². The van der Waals surface area contributed by atoms with Crippen LogP contribution in [0.1, 0.15) is 20.8 Å². The van der Waals surface area contributed by atoms with Gasteiger partial charge in [-0.2, -0.15) is 12.6 Å². The number of thiol groups is 1. The SMILES string of the molecule is CC(CS(C)(=O)=O)NC(=O)C(S)C(C)C. The number of rotatable bonds is 5. The van der Waals surface area contributed by atoms with E-state index in [9.17, 15) is 13.2 Å². The van der Waals surface area contributed by atoms with Crippen LogP contribution in [0.2, 0.25) is 0 Å². The Morgan fingerprint density at radius 3 is 2.13 bits per heavy atom. The van der Waals surface area contributed by atoms with Crippen LogP contribution in [0.4, 0.5) is 0 Å². The molecule has 0 spiro atoms. The molecule has 90 valence electrons. The Morgan fingerprint density at radius 2 is 1.80 bits per heavy atom. The molecule has 0 aliphatic carbocycles. The first kappa shape index (κ1) is 14.8. The molecular formula is C9H19NO3S2. The predicted molar refractivity (Wildman–Crippen MR) is 64.9 cm³/mol. The number of carbonyl (C=O) groups is 1. The summed E-state index contributed by atoms with van der Waals surface area (Å²) in [5.41, 5.74) is 0. The molecule has 0 fully saturated rings. The van der Waals surface area contributed by atoms with E-state index in [2.05, 4.69) is 17.9 Å². The van der Waals surface area contributed by atoms with Crippen molar-refractivity contribution >= 4 is 28.4 Å². The fraction of sp³-hybridized carbons (Fsp3) is 0.889. The van der Waals surface area contributed by atoms with Crippen LogP contribution in [0.3, 0.4) is 0 Å². The van der Waals surface area contributed by atoms with Gasteiger partial charge in [0.2, 0.25) is 5.91 Å². The third-order valence-electron chi connectivity index (χ3n) is 1.84. The minimum absolute atomic E-state index is 0.0443. The van der Waals surface area contributed by atoms with Gasteiger partial charge in [-0.1, -0.05) is 13.8 Å². The average molecular weight is 253 g/mol. The van der Waals surface area contributed by atoms with Gasteiger partial charge in [0.15, 0.2) is 0 Å². The third kappa shape index (κ3) is 6.78. The predicted octanol–water partition coefficient (Wildman–Crippen LogP) is 0.490. The van der Waals surface area contributed by atoms with E-state index >= 15 is 0 Å². The molecular weight excluding hydrogens is 234 g/mol. The Bertz CT molecular complexity index is 311. The first-order valence-electron chi connectivity index (χ1n) is 4.79. The summed E-state index contributed by atoms with van der Waals surface area (Å²) >= 11 is 4.14. The number of hydrogen-bond acceptors (Lipinski definition) is 4. The third-order valence-corrected chi connectivity index (χ3v) is 3.78. The highest BCUT2D eigenvalue weighted by molar-refractivity contribution is 7.90. The van der Waals surface area contributed by atoms with Crippen molar-refractivity contribution in [1.82, 2.24) is 5.32 Å². The minimum atomic E-state index is -3.05. The van der Waals surface area contributed by atoms with E-state index in [0.717, 1.165) is 6.26 Å². The van der Waals surface area contributed by atoms with E-state index in [1.54, 1.807) is 6.92 Å². The lowest BCUT2D eigenvalue weighted by Crippen LogP contribution is -2.42. The maximum atomic E-state index is 11.5. The summed E-state index contributed by atoms with van der Waals surface area (Å²) in [5, 5.41) is 2.23. The summed E-state index contributed by atoms with van der Waals surface area (Å²) in [5.74, 6) is -0.139. The second-order valence-corrected chi connectivity index (χ2v) is 6.93. The molecule has 0 aliphatic rings. The van der Waals surface area contributed by atoms with E-state index in [1.807, 2.05) is 13.8 Å². The fourth-order valence-corrected chi connectivity index (χ4v) is 2.19. The van der Waals surface area contributed by atoms with Gasteiger partial charge in [-0.25, -0.2) is 8.42 Å². The van der Waals surface area contributed by atoms with Crippen LogP contribution in [0.15, 0.2) is 0 Å². The van der Waals surface area contributed by atoms with Crippen molar-refractivity contribution in [2.24, 2.45) is 5.92 Å². The van der Waals surface area contributed by atoms with Crippen molar-refractivity contribution in [1.29, 1.82) is 0 Å². The molecule has 0 aliphatic heterocycles. The molecule has 0 saturated heterocycles. The van der Waals surface area contributed by atoms with Crippen LogP contribution in [-0.2, 0) is 14.6 Å². The zero-order chi connectivity index (χ0) is 12.2. The monoisotopic (exact) mass is 253 g/mol. The van der Waals surface area contributed by atoms with Gasteiger partial charge in [0.25, 0.3) is 0 Å². The highest BCUT2D eigenvalue weighted by Gasteiger charge is 2.20. The average Bonchev–Trinajstić information content (AvgIpc) is 1.98. The maximum absolute atomic E-state index is 11.5. The zero-order valence-electron chi connectivity index (χ0n) is 9.52. The molecule has 15 heavy (non-hydrogen) atoms. The Kier molecular flexibility index (Phi) is 5.66. The molecule has 2 atom stereocenters. The number of sulfone groups is 1. The van der Waals surface area contributed by atoms with Crippen LogP contribution in [-0.4, -0.2) is 37.6 Å². The van der Waals surface area contributed by atoms with E-state index in [1.165, 1.54) is 0 Å². The number of carbonyl (C=O) groups excluding carboxylic acids is 1. The summed E-state index contributed by atoms with van der Waals surface area (Å²) in [6.45, 7) is 5.44. The van der Waals surface area contributed by atoms with E-state index in [4.69, 9.17) is 0 Å². The topological polar surface area (TPSA) is 63.2 Å². The van der Waals surface area contributed by atoms with Gasteiger partial charge in [0.05, 0.1) is 11.0 Å². The van der Waals surface area contributed by atoms with Gasteiger partial charge in [-0.15, -0.1) is 0 Å².